The van der Waals surface area contributed by atoms with E-state index in [0.29, 0.717) is 61.4 Å². The molecule has 0 N–H and O–H groups in total. The molecule has 0 saturated heterocycles. The summed E-state index contributed by atoms with van der Waals surface area (Å²) in [7, 11) is 1.62. The van der Waals surface area contributed by atoms with Gasteiger partial charge in [-0.15, -0.1) is 6.58 Å². The third-order valence-corrected chi connectivity index (χ3v) is 6.94. The van der Waals surface area contributed by atoms with Crippen molar-refractivity contribution in [1.29, 1.82) is 0 Å². The van der Waals surface area contributed by atoms with E-state index in [1.165, 1.54) is 0 Å². The lowest BCUT2D eigenvalue weighted by Gasteiger charge is -2.42. The molecule has 0 radical (unpaired) electrons. The van der Waals surface area contributed by atoms with Crippen LogP contribution >= 0.6 is 0 Å². The van der Waals surface area contributed by atoms with Crippen LogP contribution in [-0.2, 0) is 20.7 Å². The fraction of sp³-hybridized carbons (Fsp3) is 0.517. The summed E-state index contributed by atoms with van der Waals surface area (Å²) in [6, 6.07) is 3.97. The van der Waals surface area contributed by atoms with Gasteiger partial charge in [0.25, 0.3) is 0 Å². The molecule has 0 spiro atoms. The lowest BCUT2D eigenvalue weighted by Crippen LogP contribution is -2.37. The summed E-state index contributed by atoms with van der Waals surface area (Å²) in [5.41, 5.74) is 2.67. The van der Waals surface area contributed by atoms with Crippen LogP contribution in [0.3, 0.4) is 0 Å². The first kappa shape index (κ1) is 24.3. The van der Waals surface area contributed by atoms with Gasteiger partial charge in [0.15, 0.2) is 23.1 Å². The maximum absolute atomic E-state index is 13.5. The molecule has 0 unspecified atom stereocenters. The van der Waals surface area contributed by atoms with Gasteiger partial charge in [0.05, 0.1) is 13.7 Å². The fourth-order valence-corrected chi connectivity index (χ4v) is 5.66. The van der Waals surface area contributed by atoms with Crippen LogP contribution in [0.1, 0.15) is 77.3 Å². The average molecular weight is 465 g/mol. The van der Waals surface area contributed by atoms with Crippen LogP contribution in [0.15, 0.2) is 47.5 Å². The first-order valence-corrected chi connectivity index (χ1v) is 12.1. The Labute approximate surface area is 202 Å². The number of Topliss-reactive ketones (excluding diaryl/α,β-unsaturated/α-hetero) is 2. The van der Waals surface area contributed by atoms with Crippen molar-refractivity contribution >= 4 is 11.6 Å². The zero-order valence-corrected chi connectivity index (χ0v) is 21.3. The van der Waals surface area contributed by atoms with Crippen molar-refractivity contribution in [2.24, 2.45) is 10.8 Å². The molecule has 0 fully saturated rings. The maximum atomic E-state index is 13.5. The summed E-state index contributed by atoms with van der Waals surface area (Å²) < 4.78 is 18.0. The van der Waals surface area contributed by atoms with E-state index < -0.39 is 5.92 Å². The van der Waals surface area contributed by atoms with Gasteiger partial charge in [0.1, 0.15) is 11.5 Å². The Morgan fingerprint density at radius 3 is 2.03 bits per heavy atom. The second-order valence-corrected chi connectivity index (χ2v) is 11.2. The number of carbonyl (C=O) groups is 2. The topological polar surface area (TPSA) is 61.8 Å². The molecule has 1 aromatic rings. The second kappa shape index (κ2) is 8.75. The first-order chi connectivity index (χ1) is 16.0. The molecule has 0 aromatic heterocycles. The predicted octanol–water partition coefficient (Wildman–Crippen LogP) is 6.22. The molecule has 182 valence electrons. The molecule has 1 heterocycles. The molecule has 34 heavy (non-hydrogen) atoms. The Hall–Kier alpha value is -2.82. The van der Waals surface area contributed by atoms with Gasteiger partial charge < -0.3 is 14.2 Å². The largest absolute Gasteiger partial charge is 0.493 e. The molecule has 0 atom stereocenters. The van der Waals surface area contributed by atoms with Gasteiger partial charge in [0, 0.05) is 48.3 Å². The van der Waals surface area contributed by atoms with E-state index in [-0.39, 0.29) is 22.4 Å². The van der Waals surface area contributed by atoms with Crippen molar-refractivity contribution in [3.05, 3.63) is 58.6 Å². The summed E-state index contributed by atoms with van der Waals surface area (Å²) in [6.45, 7) is 14.7. The minimum atomic E-state index is -0.459. The van der Waals surface area contributed by atoms with Crippen LogP contribution in [0.5, 0.6) is 11.5 Å². The summed E-state index contributed by atoms with van der Waals surface area (Å²) in [6.07, 6.45) is 4.61. The number of hydrogen-bond donors (Lipinski definition) is 0. The lowest BCUT2D eigenvalue weighted by atomic mass is 9.65. The Morgan fingerprint density at radius 1 is 1.00 bits per heavy atom. The Balaban J connectivity index is 1.97. The normalized spacial score (nSPS) is 21.6. The highest BCUT2D eigenvalue weighted by atomic mass is 16.5. The van der Waals surface area contributed by atoms with Crippen molar-refractivity contribution in [2.45, 2.75) is 72.6 Å². The number of allylic oxidation sites excluding steroid dienone is 5. The smallest absolute Gasteiger partial charge is 0.164 e. The molecular weight excluding hydrogens is 428 g/mol. The molecule has 2 aliphatic carbocycles. The van der Waals surface area contributed by atoms with Gasteiger partial charge in [-0.3, -0.25) is 9.59 Å². The fourth-order valence-electron chi connectivity index (χ4n) is 5.66. The highest BCUT2D eigenvalue weighted by molar-refractivity contribution is 6.06. The molecule has 3 aliphatic rings. The van der Waals surface area contributed by atoms with Crippen molar-refractivity contribution in [3.63, 3.8) is 0 Å². The average Bonchev–Trinajstić information content (AvgIpc) is 2.70. The van der Waals surface area contributed by atoms with Crippen molar-refractivity contribution < 1.29 is 23.8 Å². The van der Waals surface area contributed by atoms with E-state index in [9.17, 15) is 9.59 Å². The number of methoxy groups -OCH3 is 1. The standard InChI is InChI=1S/C29H36O5/c1-8-10-17-11-18(12-21(33-9-2)27(17)32-7)24-25-19(30)13-28(3,4)15-22(25)34-23-16-29(5,6)14-20(31)26(23)24/h8,11-12,24H,1,9-10,13-16H2,2-7H3. The van der Waals surface area contributed by atoms with Gasteiger partial charge in [-0.1, -0.05) is 39.8 Å². The summed E-state index contributed by atoms with van der Waals surface area (Å²) in [5.74, 6) is 2.36. The quantitative estimate of drug-likeness (QED) is 0.468. The van der Waals surface area contributed by atoms with E-state index in [1.807, 2.05) is 25.1 Å². The van der Waals surface area contributed by atoms with Gasteiger partial charge in [-0.05, 0) is 35.8 Å². The van der Waals surface area contributed by atoms with Crippen LogP contribution in [0, 0.1) is 10.8 Å². The number of rotatable bonds is 6. The SMILES string of the molecule is C=CCc1cc(C2C3=C(CC(C)(C)CC3=O)OC3=C2C(=O)CC(C)(C)C3)cc(OCC)c1OC. The summed E-state index contributed by atoms with van der Waals surface area (Å²) in [5, 5.41) is 0. The van der Waals surface area contributed by atoms with E-state index in [2.05, 4.69) is 34.3 Å². The monoisotopic (exact) mass is 464 g/mol. The Bertz CT molecular complexity index is 1060. The van der Waals surface area contributed by atoms with E-state index in [0.717, 1.165) is 22.6 Å². The number of hydrogen-bond acceptors (Lipinski definition) is 5. The molecule has 0 amide bonds. The molecule has 5 nitrogen and oxygen atoms in total. The Morgan fingerprint density at radius 2 is 1.56 bits per heavy atom. The predicted molar refractivity (Wildman–Crippen MR) is 132 cm³/mol. The van der Waals surface area contributed by atoms with Gasteiger partial charge in [-0.2, -0.15) is 0 Å². The van der Waals surface area contributed by atoms with Crippen LogP contribution in [0.25, 0.3) is 0 Å². The number of ketones is 2. The highest BCUT2D eigenvalue weighted by Gasteiger charge is 2.48. The number of carbonyl (C=O) groups excluding carboxylic acids is 2. The molecule has 0 saturated carbocycles. The minimum absolute atomic E-state index is 0.0551. The second-order valence-electron chi connectivity index (χ2n) is 11.2. The van der Waals surface area contributed by atoms with E-state index >= 15 is 0 Å². The molecule has 1 aliphatic heterocycles. The van der Waals surface area contributed by atoms with Crippen molar-refractivity contribution in [2.75, 3.05) is 13.7 Å². The third-order valence-electron chi connectivity index (χ3n) is 6.94. The van der Waals surface area contributed by atoms with E-state index in [4.69, 9.17) is 14.2 Å². The van der Waals surface area contributed by atoms with Crippen molar-refractivity contribution in [1.82, 2.24) is 0 Å². The van der Waals surface area contributed by atoms with Gasteiger partial charge >= 0.3 is 0 Å². The Kier molecular flexibility index (Phi) is 6.26. The van der Waals surface area contributed by atoms with Crippen LogP contribution in [0.4, 0.5) is 0 Å². The molecule has 5 heteroatoms. The van der Waals surface area contributed by atoms with Crippen molar-refractivity contribution in [3.8, 4) is 11.5 Å². The highest BCUT2D eigenvalue weighted by Crippen LogP contribution is 2.54. The maximum Gasteiger partial charge on any atom is 0.164 e. The van der Waals surface area contributed by atoms with Gasteiger partial charge in [-0.25, -0.2) is 0 Å². The minimum Gasteiger partial charge on any atom is -0.493 e. The number of ether oxygens (including phenoxy) is 3. The zero-order chi connectivity index (χ0) is 24.8. The lowest BCUT2D eigenvalue weighted by molar-refractivity contribution is -0.120. The van der Waals surface area contributed by atoms with E-state index in [1.54, 1.807) is 7.11 Å². The third kappa shape index (κ3) is 4.33. The van der Waals surface area contributed by atoms with Gasteiger partial charge in [0.2, 0.25) is 0 Å². The molecule has 4 rings (SSSR count). The molecular formula is C29H36O5. The van der Waals surface area contributed by atoms with Crippen LogP contribution in [0.2, 0.25) is 0 Å². The van der Waals surface area contributed by atoms with Crippen LogP contribution in [-0.4, -0.2) is 25.3 Å². The molecule has 1 aromatic carbocycles. The molecule has 0 bridgehead atoms. The summed E-state index contributed by atoms with van der Waals surface area (Å²) >= 11 is 0. The number of benzene rings is 1. The first-order valence-electron chi connectivity index (χ1n) is 12.1. The summed E-state index contributed by atoms with van der Waals surface area (Å²) in [4.78, 5) is 27.1. The van der Waals surface area contributed by atoms with Crippen LogP contribution < -0.4 is 9.47 Å². The zero-order valence-electron chi connectivity index (χ0n) is 21.3.